The zero-order valence-corrected chi connectivity index (χ0v) is 13.9. The van der Waals surface area contributed by atoms with Crippen LogP contribution in [-0.2, 0) is 0 Å². The monoisotopic (exact) mass is 344 g/mol. The minimum absolute atomic E-state index is 0.0904. The molecule has 1 N–H and O–H groups in total. The number of aromatic nitrogens is 1. The summed E-state index contributed by atoms with van der Waals surface area (Å²) in [6, 6.07) is 14.9. The third-order valence-corrected chi connectivity index (χ3v) is 4.30. The molecule has 3 aromatic rings. The molecule has 0 fully saturated rings. The molecule has 0 bridgehead atoms. The summed E-state index contributed by atoms with van der Waals surface area (Å²) < 4.78 is 0. The van der Waals surface area contributed by atoms with Crippen LogP contribution in [0.4, 0.5) is 0 Å². The van der Waals surface area contributed by atoms with Crippen molar-refractivity contribution >= 4 is 39.9 Å². The van der Waals surface area contributed by atoms with Gasteiger partial charge in [0.1, 0.15) is 5.15 Å². The molecule has 116 valence electrons. The molecular weight excluding hydrogens is 331 g/mol. The Morgan fingerprint density at radius 3 is 2.57 bits per heavy atom. The predicted molar refractivity (Wildman–Crippen MR) is 94.1 cm³/mol. The van der Waals surface area contributed by atoms with Crippen molar-refractivity contribution in [3.8, 4) is 0 Å². The van der Waals surface area contributed by atoms with Gasteiger partial charge in [-0.15, -0.1) is 0 Å². The number of pyridine rings is 1. The van der Waals surface area contributed by atoms with Crippen molar-refractivity contribution in [2.24, 2.45) is 0 Å². The lowest BCUT2D eigenvalue weighted by Gasteiger charge is -2.14. The molecule has 1 heterocycles. The minimum atomic E-state index is -0.167. The first kappa shape index (κ1) is 15.8. The first-order valence-electron chi connectivity index (χ1n) is 7.16. The van der Waals surface area contributed by atoms with Gasteiger partial charge in [-0.05, 0) is 24.6 Å². The van der Waals surface area contributed by atoms with Crippen molar-refractivity contribution in [1.29, 1.82) is 0 Å². The van der Waals surface area contributed by atoms with Gasteiger partial charge in [0.15, 0.2) is 0 Å². The van der Waals surface area contributed by atoms with Crippen LogP contribution >= 0.6 is 23.2 Å². The van der Waals surface area contributed by atoms with Crippen molar-refractivity contribution in [3.05, 3.63) is 76.0 Å². The second-order valence-corrected chi connectivity index (χ2v) is 6.03. The summed E-state index contributed by atoms with van der Waals surface area (Å²) in [4.78, 5) is 16.5. The average molecular weight is 345 g/mol. The Morgan fingerprint density at radius 2 is 1.83 bits per heavy atom. The van der Waals surface area contributed by atoms with Crippen molar-refractivity contribution in [3.63, 3.8) is 0 Å². The van der Waals surface area contributed by atoms with Gasteiger partial charge in [0.05, 0.1) is 11.1 Å². The van der Waals surface area contributed by atoms with E-state index in [4.69, 9.17) is 23.2 Å². The molecule has 0 aliphatic carbocycles. The Kier molecular flexibility index (Phi) is 4.51. The van der Waals surface area contributed by atoms with E-state index < -0.39 is 0 Å². The molecule has 3 rings (SSSR count). The van der Waals surface area contributed by atoms with Crippen LogP contribution in [0.5, 0.6) is 0 Å². The van der Waals surface area contributed by atoms with E-state index in [1.54, 1.807) is 18.2 Å². The summed E-state index contributed by atoms with van der Waals surface area (Å²) in [5.41, 5.74) is 1.57. The van der Waals surface area contributed by atoms with Crippen molar-refractivity contribution < 1.29 is 4.79 Å². The predicted octanol–water partition coefficient (Wildman–Crippen LogP) is 5.03. The fourth-order valence-electron chi connectivity index (χ4n) is 2.42. The van der Waals surface area contributed by atoms with Crippen LogP contribution in [0.15, 0.2) is 54.7 Å². The van der Waals surface area contributed by atoms with Crippen LogP contribution < -0.4 is 5.32 Å². The van der Waals surface area contributed by atoms with Crippen LogP contribution in [0.1, 0.15) is 28.9 Å². The number of amides is 1. The summed E-state index contributed by atoms with van der Waals surface area (Å²) >= 11 is 12.2. The fraction of sp³-hybridized carbons (Fsp3) is 0.111. The third kappa shape index (κ3) is 3.31. The van der Waals surface area contributed by atoms with Gasteiger partial charge in [0, 0.05) is 22.5 Å². The maximum absolute atomic E-state index is 12.5. The molecule has 1 aromatic heterocycles. The number of hydrogen-bond acceptors (Lipinski definition) is 2. The maximum atomic E-state index is 12.5. The summed E-state index contributed by atoms with van der Waals surface area (Å²) in [7, 11) is 0. The minimum Gasteiger partial charge on any atom is -0.346 e. The average Bonchev–Trinajstić information content (AvgIpc) is 2.58. The number of carbonyl (C=O) groups excluding carboxylic acids is 1. The molecule has 3 nitrogen and oxygen atoms in total. The Morgan fingerprint density at radius 1 is 1.09 bits per heavy atom. The number of halogens is 2. The second kappa shape index (κ2) is 6.57. The normalized spacial score (nSPS) is 12.1. The molecule has 1 amide bonds. The summed E-state index contributed by atoms with van der Waals surface area (Å²) in [5, 5.41) is 5.26. The van der Waals surface area contributed by atoms with E-state index in [0.717, 1.165) is 10.9 Å². The van der Waals surface area contributed by atoms with Crippen LogP contribution in [0.2, 0.25) is 10.2 Å². The molecule has 0 spiro atoms. The molecule has 1 atom stereocenters. The molecule has 23 heavy (non-hydrogen) atoms. The summed E-state index contributed by atoms with van der Waals surface area (Å²) in [6.07, 6.45) is 1.50. The number of benzene rings is 2. The number of nitrogens with zero attached hydrogens (tertiary/aromatic N) is 1. The number of carbonyl (C=O) groups is 1. The lowest BCUT2D eigenvalue weighted by atomic mass is 10.1. The number of hydrogen-bond donors (Lipinski definition) is 1. The molecule has 0 aliphatic heterocycles. The molecule has 0 unspecified atom stereocenters. The molecule has 5 heteroatoms. The molecule has 0 saturated heterocycles. The van der Waals surface area contributed by atoms with Crippen LogP contribution in [0.3, 0.4) is 0 Å². The van der Waals surface area contributed by atoms with E-state index in [1.165, 1.54) is 6.20 Å². The van der Waals surface area contributed by atoms with Crippen LogP contribution in [0, 0.1) is 0 Å². The van der Waals surface area contributed by atoms with E-state index in [-0.39, 0.29) is 11.9 Å². The van der Waals surface area contributed by atoms with Gasteiger partial charge in [-0.1, -0.05) is 59.6 Å². The highest BCUT2D eigenvalue weighted by molar-refractivity contribution is 6.39. The van der Waals surface area contributed by atoms with Gasteiger partial charge in [0.2, 0.25) is 0 Å². The van der Waals surface area contributed by atoms with E-state index in [9.17, 15) is 4.79 Å². The van der Waals surface area contributed by atoms with Gasteiger partial charge < -0.3 is 5.32 Å². The first-order chi connectivity index (χ1) is 11.1. The van der Waals surface area contributed by atoms with Crippen molar-refractivity contribution in [1.82, 2.24) is 10.3 Å². The Balaban J connectivity index is 1.88. The van der Waals surface area contributed by atoms with E-state index in [0.29, 0.717) is 21.1 Å². The second-order valence-electron chi connectivity index (χ2n) is 5.26. The summed E-state index contributed by atoms with van der Waals surface area (Å²) in [6.45, 7) is 1.94. The van der Waals surface area contributed by atoms with E-state index in [1.807, 2.05) is 37.3 Å². The molecule has 0 aliphatic rings. The largest absolute Gasteiger partial charge is 0.346 e. The van der Waals surface area contributed by atoms with Gasteiger partial charge >= 0.3 is 0 Å². The molecule has 2 aromatic carbocycles. The quantitative estimate of drug-likeness (QED) is 0.676. The highest BCUT2D eigenvalue weighted by atomic mass is 35.5. The van der Waals surface area contributed by atoms with Crippen molar-refractivity contribution in [2.45, 2.75) is 13.0 Å². The van der Waals surface area contributed by atoms with Gasteiger partial charge in [0.25, 0.3) is 5.91 Å². The Bertz CT molecular complexity index is 866. The molecule has 0 saturated carbocycles. The third-order valence-electron chi connectivity index (χ3n) is 3.70. The standard InChI is InChI=1S/C18H14Cl2N2O/c1-11(12-5-3-2-4-6-12)22-18(23)13-7-8-14-15(9-13)17(20)21-10-16(14)19/h2-11H,1H3,(H,22,23)/t11-/m0/s1. The van der Waals surface area contributed by atoms with Crippen LogP contribution in [0.25, 0.3) is 10.8 Å². The van der Waals surface area contributed by atoms with Gasteiger partial charge in [-0.2, -0.15) is 0 Å². The zero-order chi connectivity index (χ0) is 16.4. The fourth-order valence-corrected chi connectivity index (χ4v) is 2.84. The summed E-state index contributed by atoms with van der Waals surface area (Å²) in [5.74, 6) is -0.167. The van der Waals surface area contributed by atoms with Gasteiger partial charge in [-0.25, -0.2) is 4.98 Å². The zero-order valence-electron chi connectivity index (χ0n) is 12.4. The number of rotatable bonds is 3. The first-order valence-corrected chi connectivity index (χ1v) is 7.91. The molecule has 0 radical (unpaired) electrons. The lowest BCUT2D eigenvalue weighted by molar-refractivity contribution is 0.0940. The highest BCUT2D eigenvalue weighted by Crippen LogP contribution is 2.28. The van der Waals surface area contributed by atoms with E-state index >= 15 is 0 Å². The van der Waals surface area contributed by atoms with Crippen LogP contribution in [-0.4, -0.2) is 10.9 Å². The highest BCUT2D eigenvalue weighted by Gasteiger charge is 2.13. The Hall–Kier alpha value is -2.10. The maximum Gasteiger partial charge on any atom is 0.251 e. The van der Waals surface area contributed by atoms with Gasteiger partial charge in [-0.3, -0.25) is 4.79 Å². The lowest BCUT2D eigenvalue weighted by Crippen LogP contribution is -2.26. The number of fused-ring (bicyclic) bond motifs is 1. The molecular formula is C18H14Cl2N2O. The SMILES string of the molecule is C[C@H](NC(=O)c1ccc2c(Cl)cnc(Cl)c2c1)c1ccccc1. The topological polar surface area (TPSA) is 42.0 Å². The number of nitrogens with one attached hydrogen (secondary N) is 1. The Labute approximate surface area is 144 Å². The van der Waals surface area contributed by atoms with E-state index in [2.05, 4.69) is 10.3 Å². The smallest absolute Gasteiger partial charge is 0.251 e. The van der Waals surface area contributed by atoms with Crippen molar-refractivity contribution in [2.75, 3.05) is 0 Å².